The van der Waals surface area contributed by atoms with Crippen molar-refractivity contribution in [1.82, 2.24) is 15.2 Å². The smallest absolute Gasteiger partial charge is 0.252 e. The first-order valence-electron chi connectivity index (χ1n) is 9.38. The van der Waals surface area contributed by atoms with E-state index in [0.717, 1.165) is 22.9 Å². The number of pyridine rings is 1. The highest BCUT2D eigenvalue weighted by atomic mass is 32.2. The van der Waals surface area contributed by atoms with Crippen LogP contribution in [0.25, 0.3) is 16.5 Å². The Kier molecular flexibility index (Phi) is 5.79. The fraction of sp³-hybridized carbons (Fsp3) is 0.333. The van der Waals surface area contributed by atoms with E-state index in [-0.39, 0.29) is 18.4 Å². The second-order valence-electron chi connectivity index (χ2n) is 6.84. The van der Waals surface area contributed by atoms with Crippen LogP contribution in [0.5, 0.6) is 0 Å². The molecule has 1 unspecified atom stereocenters. The van der Waals surface area contributed by atoms with Gasteiger partial charge in [0, 0.05) is 17.3 Å². The van der Waals surface area contributed by atoms with Crippen molar-refractivity contribution in [2.24, 2.45) is 0 Å². The van der Waals surface area contributed by atoms with Gasteiger partial charge in [-0.3, -0.25) is 14.6 Å². The van der Waals surface area contributed by atoms with Crippen LogP contribution in [0.1, 0.15) is 22.3 Å². The number of aromatic nitrogens is 1. The summed E-state index contributed by atoms with van der Waals surface area (Å²) in [5, 5.41) is 12.6. The molecule has 1 fully saturated rings. The summed E-state index contributed by atoms with van der Waals surface area (Å²) in [6.45, 7) is 1.14. The van der Waals surface area contributed by atoms with E-state index >= 15 is 0 Å². The molecule has 3 heterocycles. The van der Waals surface area contributed by atoms with Crippen molar-refractivity contribution in [2.45, 2.75) is 12.5 Å². The van der Waals surface area contributed by atoms with E-state index in [2.05, 4.69) is 22.4 Å². The summed E-state index contributed by atoms with van der Waals surface area (Å²) in [5.74, 6) is 0.507. The Hall–Kier alpha value is -2.89. The molecule has 4 rings (SSSR count). The largest absolute Gasteiger partial charge is 0.377 e. The number of nitriles is 1. The van der Waals surface area contributed by atoms with Gasteiger partial charge in [-0.1, -0.05) is 12.1 Å². The van der Waals surface area contributed by atoms with Crippen LogP contribution in [-0.2, 0) is 9.53 Å². The predicted molar refractivity (Wildman–Crippen MR) is 111 cm³/mol. The van der Waals surface area contributed by atoms with Crippen LogP contribution in [0, 0.1) is 11.3 Å². The third-order valence-corrected chi connectivity index (χ3v) is 6.08. The molecule has 0 radical (unpaired) electrons. The molecule has 0 spiro atoms. The SMILES string of the molecule is N#CC1CSCN1C(=O)CNC(=O)c1ccnc2ccc(C3=CCOCC3)cc12. The number of carbonyl (C=O) groups excluding carboxylic acids is 2. The molecule has 2 amide bonds. The molecule has 1 saturated heterocycles. The lowest BCUT2D eigenvalue weighted by molar-refractivity contribution is -0.129. The lowest BCUT2D eigenvalue weighted by atomic mass is 9.98. The number of thioether (sulfide) groups is 1. The van der Waals surface area contributed by atoms with Crippen molar-refractivity contribution in [3.05, 3.63) is 47.7 Å². The van der Waals surface area contributed by atoms with Crippen LogP contribution in [0.3, 0.4) is 0 Å². The number of nitrogens with one attached hydrogen (secondary N) is 1. The highest BCUT2D eigenvalue weighted by Crippen LogP contribution is 2.26. The van der Waals surface area contributed by atoms with Gasteiger partial charge in [0.15, 0.2) is 0 Å². The fourth-order valence-electron chi connectivity index (χ4n) is 3.48. The van der Waals surface area contributed by atoms with Crippen LogP contribution >= 0.6 is 11.8 Å². The number of amides is 2. The van der Waals surface area contributed by atoms with Gasteiger partial charge >= 0.3 is 0 Å². The predicted octanol–water partition coefficient (Wildman–Crippen LogP) is 2.19. The van der Waals surface area contributed by atoms with Gasteiger partial charge in [-0.15, -0.1) is 11.8 Å². The van der Waals surface area contributed by atoms with Crippen molar-refractivity contribution in [3.8, 4) is 6.07 Å². The standard InChI is InChI=1S/C21H20N4O3S/c22-10-16-12-29-13-25(16)20(26)11-24-21(27)17-3-6-23-19-2-1-15(9-18(17)19)14-4-7-28-8-5-14/h1-4,6,9,16H,5,7-8,11-13H2,(H,24,27). The topological polar surface area (TPSA) is 95.3 Å². The lowest BCUT2D eigenvalue weighted by Gasteiger charge is -2.19. The van der Waals surface area contributed by atoms with Crippen LogP contribution in [0.2, 0.25) is 0 Å². The molecule has 2 aliphatic rings. The zero-order chi connectivity index (χ0) is 20.2. The third-order valence-electron chi connectivity index (χ3n) is 5.07. The second-order valence-corrected chi connectivity index (χ2v) is 7.84. The number of benzene rings is 1. The minimum absolute atomic E-state index is 0.135. The Bertz CT molecular complexity index is 1030. The van der Waals surface area contributed by atoms with E-state index in [4.69, 9.17) is 10.00 Å². The maximum Gasteiger partial charge on any atom is 0.252 e. The minimum Gasteiger partial charge on any atom is -0.377 e. The Morgan fingerprint density at radius 2 is 2.28 bits per heavy atom. The number of ether oxygens (including phenoxy) is 1. The van der Waals surface area contributed by atoms with Crippen LogP contribution in [0.4, 0.5) is 0 Å². The van der Waals surface area contributed by atoms with Crippen molar-refractivity contribution in [2.75, 3.05) is 31.4 Å². The highest BCUT2D eigenvalue weighted by molar-refractivity contribution is 7.99. The molecule has 0 bridgehead atoms. The van der Waals surface area contributed by atoms with Crippen molar-refractivity contribution < 1.29 is 14.3 Å². The molecule has 0 aliphatic carbocycles. The summed E-state index contributed by atoms with van der Waals surface area (Å²) in [6, 6.07) is 9.24. The number of hydrogen-bond donors (Lipinski definition) is 1. The first kappa shape index (κ1) is 19.4. The first-order valence-corrected chi connectivity index (χ1v) is 10.5. The van der Waals surface area contributed by atoms with Crippen molar-refractivity contribution in [1.29, 1.82) is 5.26 Å². The molecule has 1 aromatic carbocycles. The monoisotopic (exact) mass is 408 g/mol. The van der Waals surface area contributed by atoms with E-state index in [9.17, 15) is 9.59 Å². The van der Waals surface area contributed by atoms with Crippen LogP contribution < -0.4 is 5.32 Å². The average molecular weight is 408 g/mol. The molecule has 1 aromatic heterocycles. The molecule has 1 atom stereocenters. The quantitative estimate of drug-likeness (QED) is 0.833. The van der Waals surface area contributed by atoms with Gasteiger partial charge in [0.1, 0.15) is 6.04 Å². The molecule has 7 nitrogen and oxygen atoms in total. The number of rotatable bonds is 4. The summed E-state index contributed by atoms with van der Waals surface area (Å²) in [5.41, 5.74) is 3.44. The molecule has 2 aromatic rings. The number of carbonyl (C=O) groups is 2. The van der Waals surface area contributed by atoms with Gasteiger partial charge < -0.3 is 15.0 Å². The van der Waals surface area contributed by atoms with Crippen molar-refractivity contribution >= 4 is 40.1 Å². The molecular weight excluding hydrogens is 388 g/mol. The maximum absolute atomic E-state index is 12.8. The van der Waals surface area contributed by atoms with Gasteiger partial charge in [-0.05, 0) is 35.8 Å². The van der Waals surface area contributed by atoms with Gasteiger partial charge in [0.2, 0.25) is 5.91 Å². The molecule has 8 heteroatoms. The fourth-order valence-corrected chi connectivity index (χ4v) is 4.59. The summed E-state index contributed by atoms with van der Waals surface area (Å²) in [6.07, 6.45) is 4.48. The Morgan fingerprint density at radius 3 is 3.07 bits per heavy atom. The normalized spacial score (nSPS) is 18.9. The van der Waals surface area contributed by atoms with Gasteiger partial charge in [0.25, 0.3) is 5.91 Å². The summed E-state index contributed by atoms with van der Waals surface area (Å²) >= 11 is 1.54. The van der Waals surface area contributed by atoms with Gasteiger partial charge in [-0.25, -0.2) is 0 Å². The molecule has 148 valence electrons. The van der Waals surface area contributed by atoms with Gasteiger partial charge in [0.05, 0.1) is 42.8 Å². The zero-order valence-corrected chi connectivity index (χ0v) is 16.6. The molecule has 1 N–H and O–H groups in total. The number of nitrogens with zero attached hydrogens (tertiary/aromatic N) is 3. The first-order chi connectivity index (χ1) is 14.2. The van der Waals surface area contributed by atoms with Gasteiger partial charge in [-0.2, -0.15) is 5.26 Å². The van der Waals surface area contributed by atoms with E-state index in [0.29, 0.717) is 30.4 Å². The maximum atomic E-state index is 12.8. The van der Waals surface area contributed by atoms with E-state index in [1.54, 1.807) is 12.3 Å². The molecule has 2 aliphatic heterocycles. The van der Waals surface area contributed by atoms with E-state index in [1.165, 1.54) is 22.2 Å². The Labute approximate surface area is 172 Å². The van der Waals surface area contributed by atoms with Crippen molar-refractivity contribution in [3.63, 3.8) is 0 Å². The van der Waals surface area contributed by atoms with E-state index in [1.807, 2.05) is 18.2 Å². The minimum atomic E-state index is -0.429. The summed E-state index contributed by atoms with van der Waals surface area (Å²) in [4.78, 5) is 31.0. The Balaban J connectivity index is 1.53. The van der Waals surface area contributed by atoms with E-state index < -0.39 is 6.04 Å². The highest BCUT2D eigenvalue weighted by Gasteiger charge is 2.29. The lowest BCUT2D eigenvalue weighted by Crippen LogP contribution is -2.42. The number of fused-ring (bicyclic) bond motifs is 1. The summed E-state index contributed by atoms with van der Waals surface area (Å²) in [7, 11) is 0. The average Bonchev–Trinajstić information content (AvgIpc) is 3.26. The Morgan fingerprint density at radius 1 is 1.38 bits per heavy atom. The third kappa shape index (κ3) is 4.11. The van der Waals surface area contributed by atoms with Crippen LogP contribution in [-0.4, -0.2) is 59.1 Å². The molecular formula is C21H20N4O3S. The zero-order valence-electron chi connectivity index (χ0n) is 15.8. The number of hydrogen-bond acceptors (Lipinski definition) is 6. The molecule has 29 heavy (non-hydrogen) atoms. The molecule has 0 saturated carbocycles. The second kappa shape index (κ2) is 8.64. The summed E-state index contributed by atoms with van der Waals surface area (Å²) < 4.78 is 5.37. The van der Waals surface area contributed by atoms with Crippen LogP contribution in [0.15, 0.2) is 36.5 Å².